The molecule has 0 aliphatic carbocycles. The van der Waals surface area contributed by atoms with E-state index in [4.69, 9.17) is 9.15 Å². The number of ether oxygens (including phenoxy) is 1. The van der Waals surface area contributed by atoms with Gasteiger partial charge >= 0.3 is 23.1 Å². The van der Waals surface area contributed by atoms with Crippen LogP contribution in [0.3, 0.4) is 0 Å². The number of unbranched alkanes of at least 4 members (excludes halogenated alkanes) is 31. The summed E-state index contributed by atoms with van der Waals surface area (Å²) in [7, 11) is 0. The van der Waals surface area contributed by atoms with E-state index in [1.807, 2.05) is 49.4 Å². The molecule has 1 fully saturated rings. The molecule has 73 heavy (non-hydrogen) atoms. The summed E-state index contributed by atoms with van der Waals surface area (Å²) >= 11 is 0. The Labute approximate surface area is 461 Å². The molecular formula is C63H103MgNO8. The first kappa shape index (κ1) is 68.1. The number of carbonyl (C=O) groups is 2. The van der Waals surface area contributed by atoms with Gasteiger partial charge in [0.1, 0.15) is 17.1 Å². The molecule has 1 aliphatic rings. The summed E-state index contributed by atoms with van der Waals surface area (Å²) in [5.41, 5.74) is 2.09. The molecule has 9 nitrogen and oxygen atoms in total. The molecule has 1 aliphatic heterocycles. The molecule has 2 heterocycles. The molecule has 2 aromatic carbocycles. The standard InChI is InChI=1S/C27H33NO4.2C18H36O2.Mg/c1-20-26(30)24-19-23(11-12-25(24)32-27(20)21-9-5-4-6-10-21)31-18-8-3-2-7-15-28-16-13-22(29)14-17-28;2*1-2-3-4-5-6-7-8-9-10-11-12-13-14-15-16-17-18(19)20;/h4-6,9-12,19,22,29H,2-3,7-8,13-18H2,1H3;2*2-17H2,1H3,(H,19,20);/q;;;+2/p-2. The number of hydrogen-bond donors (Lipinski definition) is 1. The van der Waals surface area contributed by atoms with Crippen LogP contribution in [-0.4, -0.2) is 77.3 Å². The topological polar surface area (TPSA) is 143 Å². The van der Waals surface area contributed by atoms with Crippen molar-refractivity contribution >= 4 is 46.0 Å². The maximum absolute atomic E-state index is 12.9. The second-order valence-electron chi connectivity index (χ2n) is 20.9. The Morgan fingerprint density at radius 3 is 1.40 bits per heavy atom. The van der Waals surface area contributed by atoms with Gasteiger partial charge in [-0.3, -0.25) is 4.79 Å². The SMILES string of the molecule is CCCCCCCCCCCCCCCCCC(=O)[O-].CCCCCCCCCCCCCCCCCC(=O)[O-].Cc1c(-c2ccccc2)oc2ccc(OCCCCCCN3CCC(O)CC3)cc2c1=O.[Mg+2]. The molecule has 3 aromatic rings. The summed E-state index contributed by atoms with van der Waals surface area (Å²) in [6.45, 7) is 10.2. The number of carboxylic acid groups (broad SMARTS) is 2. The number of carboxylic acids is 2. The number of rotatable bonds is 41. The second kappa shape index (κ2) is 47.5. The van der Waals surface area contributed by atoms with Crippen molar-refractivity contribution in [1.29, 1.82) is 0 Å². The van der Waals surface area contributed by atoms with Gasteiger partial charge in [0.05, 0.1) is 18.1 Å². The summed E-state index contributed by atoms with van der Waals surface area (Å²) in [4.78, 5) is 35.8. The fourth-order valence-corrected chi connectivity index (χ4v) is 9.63. The maximum atomic E-state index is 12.9. The second-order valence-corrected chi connectivity index (χ2v) is 20.9. The smallest absolute Gasteiger partial charge is 0.550 e. The third-order valence-electron chi connectivity index (χ3n) is 14.3. The Morgan fingerprint density at radius 1 is 0.575 bits per heavy atom. The van der Waals surface area contributed by atoms with Crippen LogP contribution in [0.4, 0.5) is 0 Å². The zero-order valence-electron chi connectivity index (χ0n) is 46.9. The molecule has 0 amide bonds. The Hall–Kier alpha value is -2.92. The molecule has 4 rings (SSSR count). The molecule has 1 aromatic heterocycles. The van der Waals surface area contributed by atoms with Crippen molar-refractivity contribution in [3.8, 4) is 17.1 Å². The molecule has 0 bridgehead atoms. The van der Waals surface area contributed by atoms with Crippen LogP contribution >= 0.6 is 0 Å². The quantitative estimate of drug-likeness (QED) is 0.0434. The van der Waals surface area contributed by atoms with Crippen LogP contribution in [0, 0.1) is 6.92 Å². The Morgan fingerprint density at radius 2 is 0.973 bits per heavy atom. The van der Waals surface area contributed by atoms with Crippen molar-refractivity contribution in [3.05, 3.63) is 64.3 Å². The van der Waals surface area contributed by atoms with E-state index in [-0.39, 0.29) is 47.4 Å². The normalized spacial score (nSPS) is 12.7. The van der Waals surface area contributed by atoms with Crippen molar-refractivity contribution in [1.82, 2.24) is 4.90 Å². The first-order chi connectivity index (χ1) is 35.2. The van der Waals surface area contributed by atoms with Gasteiger partial charge in [-0.1, -0.05) is 237 Å². The molecule has 0 unspecified atom stereocenters. The average Bonchev–Trinajstić information content (AvgIpc) is 3.38. The molecule has 0 atom stereocenters. The number of benzene rings is 2. The number of aliphatic hydroxyl groups is 1. The number of aliphatic carboxylic acids is 2. The van der Waals surface area contributed by atoms with Gasteiger partial charge < -0.3 is 39.0 Å². The minimum Gasteiger partial charge on any atom is -0.550 e. The third-order valence-corrected chi connectivity index (χ3v) is 14.3. The number of likely N-dealkylation sites (tertiary alicyclic amines) is 1. The van der Waals surface area contributed by atoms with E-state index < -0.39 is 11.9 Å². The molecule has 0 radical (unpaired) electrons. The van der Waals surface area contributed by atoms with Gasteiger partial charge in [-0.15, -0.1) is 0 Å². The number of hydrogen-bond acceptors (Lipinski definition) is 9. The van der Waals surface area contributed by atoms with Crippen LogP contribution in [0.15, 0.2) is 57.7 Å². The van der Waals surface area contributed by atoms with E-state index in [9.17, 15) is 29.7 Å². The molecule has 0 saturated carbocycles. The van der Waals surface area contributed by atoms with Crippen LogP contribution in [-0.2, 0) is 9.59 Å². The van der Waals surface area contributed by atoms with Crippen molar-refractivity contribution in [2.75, 3.05) is 26.2 Å². The van der Waals surface area contributed by atoms with E-state index in [0.29, 0.717) is 34.6 Å². The maximum Gasteiger partial charge on any atom is 2.00 e. The molecule has 10 heteroatoms. The fraction of sp³-hybridized carbons (Fsp3) is 0.730. The predicted molar refractivity (Wildman–Crippen MR) is 303 cm³/mol. The van der Waals surface area contributed by atoms with Crippen molar-refractivity contribution < 1.29 is 34.1 Å². The number of piperidine rings is 1. The first-order valence-corrected chi connectivity index (χ1v) is 29.7. The average molecular weight is 1030 g/mol. The molecular weight excluding hydrogens is 923 g/mol. The summed E-state index contributed by atoms with van der Waals surface area (Å²) < 4.78 is 12.0. The van der Waals surface area contributed by atoms with Gasteiger partial charge in [-0.2, -0.15) is 0 Å². The fourth-order valence-electron chi connectivity index (χ4n) is 9.63. The minimum absolute atomic E-state index is 0. The van der Waals surface area contributed by atoms with E-state index in [2.05, 4.69) is 18.7 Å². The molecule has 1 saturated heterocycles. The summed E-state index contributed by atoms with van der Waals surface area (Å²) in [6.07, 6.45) is 45.9. The summed E-state index contributed by atoms with van der Waals surface area (Å²) in [5, 5.41) is 30.6. The van der Waals surface area contributed by atoms with E-state index >= 15 is 0 Å². The molecule has 1 N–H and O–H groups in total. The van der Waals surface area contributed by atoms with E-state index in [0.717, 1.165) is 76.6 Å². The number of fused-ring (bicyclic) bond motifs is 1. The van der Waals surface area contributed by atoms with E-state index in [1.54, 1.807) is 6.07 Å². The van der Waals surface area contributed by atoms with Crippen LogP contribution < -0.4 is 20.4 Å². The van der Waals surface area contributed by atoms with E-state index in [1.165, 1.54) is 180 Å². The largest absolute Gasteiger partial charge is 2.00 e. The van der Waals surface area contributed by atoms with Gasteiger partial charge in [0, 0.05) is 36.2 Å². The molecule has 0 spiro atoms. The zero-order valence-corrected chi connectivity index (χ0v) is 48.3. The Kier molecular flexibility index (Phi) is 44.3. The predicted octanol–water partition coefficient (Wildman–Crippen LogP) is 14.8. The Balaban J connectivity index is 0.000000573. The van der Waals surface area contributed by atoms with Crippen LogP contribution in [0.1, 0.15) is 263 Å². The third kappa shape index (κ3) is 36.7. The number of nitrogens with zero attached hydrogens (tertiary/aromatic N) is 1. The first-order valence-electron chi connectivity index (χ1n) is 29.7. The summed E-state index contributed by atoms with van der Waals surface area (Å²) in [5.74, 6) is -0.472. The number of aliphatic hydroxyl groups excluding tert-OH is 1. The van der Waals surface area contributed by atoms with Gasteiger partial charge in [0.25, 0.3) is 0 Å². The monoisotopic (exact) mass is 1030 g/mol. The van der Waals surface area contributed by atoms with Crippen LogP contribution in [0.25, 0.3) is 22.3 Å². The van der Waals surface area contributed by atoms with Gasteiger partial charge in [0.2, 0.25) is 0 Å². The van der Waals surface area contributed by atoms with Crippen molar-refractivity contribution in [2.45, 2.75) is 271 Å². The minimum atomic E-state index is -0.903. The van der Waals surface area contributed by atoms with Crippen molar-refractivity contribution in [2.24, 2.45) is 0 Å². The van der Waals surface area contributed by atoms with Crippen LogP contribution in [0.5, 0.6) is 5.75 Å². The van der Waals surface area contributed by atoms with Gasteiger partial charge in [-0.05, 0) is 83.0 Å². The Bertz CT molecular complexity index is 1770. The zero-order chi connectivity index (χ0) is 52.1. The van der Waals surface area contributed by atoms with Gasteiger partial charge in [0.15, 0.2) is 5.43 Å². The molecule has 410 valence electrons. The van der Waals surface area contributed by atoms with Crippen LogP contribution in [0.2, 0.25) is 0 Å². The van der Waals surface area contributed by atoms with Crippen molar-refractivity contribution in [3.63, 3.8) is 0 Å². The number of carbonyl (C=O) groups excluding carboxylic acids is 2. The van der Waals surface area contributed by atoms with Gasteiger partial charge in [-0.25, -0.2) is 0 Å². The summed E-state index contributed by atoms with van der Waals surface area (Å²) in [6, 6.07) is 15.2.